The molecule has 3 rings (SSSR count). The van der Waals surface area contributed by atoms with E-state index < -0.39 is 0 Å². The van der Waals surface area contributed by atoms with E-state index in [1.165, 1.54) is 0 Å². The summed E-state index contributed by atoms with van der Waals surface area (Å²) in [5, 5.41) is 3.72. The van der Waals surface area contributed by atoms with Gasteiger partial charge in [0.1, 0.15) is 22.2 Å². The monoisotopic (exact) mass is 347 g/mol. The highest BCUT2D eigenvalue weighted by Gasteiger charge is 2.15. The van der Waals surface area contributed by atoms with E-state index in [0.717, 1.165) is 29.0 Å². The topological polar surface area (TPSA) is 30.8 Å². The Morgan fingerprint density at radius 1 is 1.05 bits per heavy atom. The number of ether oxygens (including phenoxy) is 1. The second-order valence-electron chi connectivity index (χ2n) is 4.54. The van der Waals surface area contributed by atoms with E-state index in [1.54, 1.807) is 0 Å². The van der Waals surface area contributed by atoms with Crippen molar-refractivity contribution in [2.45, 2.75) is 25.9 Å². The molecule has 0 aromatic heterocycles. The number of oxime groups is 1. The van der Waals surface area contributed by atoms with Gasteiger partial charge in [-0.3, -0.25) is 0 Å². The van der Waals surface area contributed by atoms with Crippen LogP contribution in [0.2, 0.25) is 0 Å². The van der Waals surface area contributed by atoms with Crippen LogP contribution < -0.4 is 4.74 Å². The molecule has 3 nitrogen and oxygen atoms in total. The first kappa shape index (κ1) is 15.6. The molecular formula is C17H18BrNO2. The summed E-state index contributed by atoms with van der Waals surface area (Å²) in [4.78, 5) is 4.96. The molecule has 0 saturated carbocycles. The van der Waals surface area contributed by atoms with Crippen molar-refractivity contribution in [2.75, 3.05) is 0 Å². The maximum atomic E-state index is 5.58. The largest absolute Gasteiger partial charge is 0.457 e. The maximum absolute atomic E-state index is 5.58. The van der Waals surface area contributed by atoms with Crippen LogP contribution in [-0.4, -0.2) is 10.7 Å². The molecule has 110 valence electrons. The molecule has 0 spiro atoms. The van der Waals surface area contributed by atoms with Crippen molar-refractivity contribution in [1.29, 1.82) is 0 Å². The molecule has 0 saturated heterocycles. The lowest BCUT2D eigenvalue weighted by Crippen LogP contribution is -2.02. The Hall–Kier alpha value is -1.81. The van der Waals surface area contributed by atoms with Crippen molar-refractivity contribution >= 4 is 20.6 Å². The quantitative estimate of drug-likeness (QED) is 0.746. The standard InChI is InChI=1S/C12H10O.C5H8BrNO/c1-3-7-11(8-4-1)13-12-9-5-2-6-10-12;1-2-4-3-5(6)7-8-4/h1-10H;4H,2-3H2,1H3. The number of hydrogen-bond acceptors (Lipinski definition) is 3. The third kappa shape index (κ3) is 5.60. The zero-order valence-electron chi connectivity index (χ0n) is 11.9. The number of benzene rings is 2. The molecule has 0 N–H and O–H groups in total. The molecule has 1 aliphatic rings. The Bertz CT molecular complexity index is 520. The first-order chi connectivity index (χ1) is 10.3. The van der Waals surface area contributed by atoms with Gasteiger partial charge in [0.2, 0.25) is 0 Å². The zero-order valence-corrected chi connectivity index (χ0v) is 13.5. The van der Waals surface area contributed by atoms with Gasteiger partial charge in [0.15, 0.2) is 0 Å². The lowest BCUT2D eigenvalue weighted by atomic mass is 10.2. The van der Waals surface area contributed by atoms with Crippen molar-refractivity contribution in [3.63, 3.8) is 0 Å². The van der Waals surface area contributed by atoms with Crippen LogP contribution in [0.1, 0.15) is 19.8 Å². The lowest BCUT2D eigenvalue weighted by molar-refractivity contribution is 0.0829. The van der Waals surface area contributed by atoms with Crippen molar-refractivity contribution in [3.05, 3.63) is 60.7 Å². The Kier molecular flexibility index (Phi) is 6.28. The van der Waals surface area contributed by atoms with E-state index in [4.69, 9.17) is 9.57 Å². The average Bonchev–Trinajstić information content (AvgIpc) is 2.96. The minimum Gasteiger partial charge on any atom is -0.457 e. The Morgan fingerprint density at radius 3 is 1.90 bits per heavy atom. The molecule has 0 fully saturated rings. The first-order valence-corrected chi connectivity index (χ1v) is 7.73. The summed E-state index contributed by atoms with van der Waals surface area (Å²) in [7, 11) is 0. The van der Waals surface area contributed by atoms with Gasteiger partial charge in [-0.2, -0.15) is 0 Å². The Labute approximate surface area is 133 Å². The zero-order chi connectivity index (χ0) is 14.9. The molecule has 0 aliphatic carbocycles. The Balaban J connectivity index is 0.000000173. The van der Waals surface area contributed by atoms with Gasteiger partial charge in [0.25, 0.3) is 0 Å². The van der Waals surface area contributed by atoms with E-state index in [0.29, 0.717) is 6.10 Å². The van der Waals surface area contributed by atoms with Crippen LogP contribution in [0.5, 0.6) is 11.5 Å². The van der Waals surface area contributed by atoms with Crippen LogP contribution in [0.4, 0.5) is 0 Å². The van der Waals surface area contributed by atoms with Gasteiger partial charge in [0.05, 0.1) is 0 Å². The average molecular weight is 348 g/mol. The lowest BCUT2D eigenvalue weighted by Gasteiger charge is -2.03. The predicted octanol–water partition coefficient (Wildman–Crippen LogP) is 5.37. The summed E-state index contributed by atoms with van der Waals surface area (Å²) in [5.74, 6) is 1.74. The first-order valence-electron chi connectivity index (χ1n) is 6.94. The van der Waals surface area contributed by atoms with Gasteiger partial charge in [-0.05, 0) is 46.6 Å². The highest BCUT2D eigenvalue weighted by Crippen LogP contribution is 2.19. The van der Waals surface area contributed by atoms with Crippen LogP contribution in [0.25, 0.3) is 0 Å². The molecule has 4 heteroatoms. The second kappa shape index (κ2) is 8.47. The van der Waals surface area contributed by atoms with Gasteiger partial charge in [0, 0.05) is 6.42 Å². The van der Waals surface area contributed by atoms with E-state index in [2.05, 4.69) is 28.0 Å². The summed E-state index contributed by atoms with van der Waals surface area (Å²) in [6.07, 6.45) is 2.30. The van der Waals surface area contributed by atoms with Crippen molar-refractivity contribution in [2.24, 2.45) is 5.16 Å². The van der Waals surface area contributed by atoms with Crippen LogP contribution in [-0.2, 0) is 4.84 Å². The van der Waals surface area contributed by atoms with Crippen LogP contribution in [0, 0.1) is 0 Å². The van der Waals surface area contributed by atoms with Crippen LogP contribution in [0.15, 0.2) is 65.8 Å². The smallest absolute Gasteiger partial charge is 0.133 e. The van der Waals surface area contributed by atoms with E-state index in [1.807, 2.05) is 60.7 Å². The fourth-order valence-corrected chi connectivity index (χ4v) is 2.17. The van der Waals surface area contributed by atoms with Crippen LogP contribution >= 0.6 is 15.9 Å². The predicted molar refractivity (Wildman–Crippen MR) is 89.1 cm³/mol. The number of halogens is 1. The van der Waals surface area contributed by atoms with Crippen molar-refractivity contribution < 1.29 is 9.57 Å². The maximum Gasteiger partial charge on any atom is 0.133 e. The molecule has 0 bridgehead atoms. The second-order valence-corrected chi connectivity index (χ2v) is 5.45. The minimum absolute atomic E-state index is 0.323. The molecule has 21 heavy (non-hydrogen) atoms. The molecule has 1 heterocycles. The van der Waals surface area contributed by atoms with Crippen LogP contribution in [0.3, 0.4) is 0 Å². The minimum atomic E-state index is 0.323. The van der Waals surface area contributed by atoms with E-state index in [-0.39, 0.29) is 0 Å². The van der Waals surface area contributed by atoms with Crippen molar-refractivity contribution in [1.82, 2.24) is 0 Å². The van der Waals surface area contributed by atoms with E-state index in [9.17, 15) is 0 Å². The summed E-state index contributed by atoms with van der Waals surface area (Å²) < 4.78 is 6.51. The van der Waals surface area contributed by atoms with Gasteiger partial charge >= 0.3 is 0 Å². The fourth-order valence-electron chi connectivity index (χ4n) is 1.73. The molecule has 1 aliphatic heterocycles. The molecular weight excluding hydrogens is 330 g/mol. The molecule has 0 amide bonds. The van der Waals surface area contributed by atoms with Gasteiger partial charge in [-0.25, -0.2) is 0 Å². The summed E-state index contributed by atoms with van der Waals surface area (Å²) >= 11 is 3.24. The third-order valence-corrected chi connectivity index (χ3v) is 3.34. The highest BCUT2D eigenvalue weighted by molar-refractivity contribution is 9.18. The Morgan fingerprint density at radius 2 is 1.57 bits per heavy atom. The highest BCUT2D eigenvalue weighted by atomic mass is 79.9. The van der Waals surface area contributed by atoms with Gasteiger partial charge in [-0.1, -0.05) is 48.5 Å². The van der Waals surface area contributed by atoms with E-state index >= 15 is 0 Å². The van der Waals surface area contributed by atoms with Crippen molar-refractivity contribution in [3.8, 4) is 11.5 Å². The molecule has 1 atom stereocenters. The normalized spacial score (nSPS) is 16.3. The molecule has 1 unspecified atom stereocenters. The molecule has 2 aromatic rings. The summed E-state index contributed by atoms with van der Waals surface area (Å²) in [6.45, 7) is 2.09. The SMILES string of the molecule is CCC1CC(Br)=NO1.c1ccc(Oc2ccccc2)cc1. The molecule has 0 radical (unpaired) electrons. The summed E-state index contributed by atoms with van der Waals surface area (Å²) in [6, 6.07) is 19.5. The fraction of sp³-hybridized carbons (Fsp3) is 0.235. The van der Waals surface area contributed by atoms with Gasteiger partial charge in [-0.15, -0.1) is 0 Å². The number of nitrogens with zero attached hydrogens (tertiary/aromatic N) is 1. The number of para-hydroxylation sites is 2. The molecule has 2 aromatic carbocycles. The number of rotatable bonds is 3. The van der Waals surface area contributed by atoms with Gasteiger partial charge < -0.3 is 9.57 Å². The third-order valence-electron chi connectivity index (χ3n) is 2.87. The number of hydrogen-bond donors (Lipinski definition) is 0. The summed E-state index contributed by atoms with van der Waals surface area (Å²) in [5.41, 5.74) is 0.